The molecule has 2 nitrogen and oxygen atoms in total. The lowest BCUT2D eigenvalue weighted by Crippen LogP contribution is -2.05. The Kier molecular flexibility index (Phi) is 5.12. The molecule has 0 aliphatic rings. The zero-order valence-electron chi connectivity index (χ0n) is 9.59. The van der Waals surface area contributed by atoms with Gasteiger partial charge in [0.15, 0.2) is 0 Å². The largest absolute Gasteiger partial charge is 0.494 e. The van der Waals surface area contributed by atoms with Crippen molar-refractivity contribution in [3.8, 4) is 0 Å². The molecule has 0 saturated carbocycles. The smallest absolute Gasteiger partial charge is 0.114 e. The SMILES string of the molecule is C=C(C=C(NC)c1ccc(Br)cc1)OCC. The molecule has 1 aromatic rings. The maximum Gasteiger partial charge on any atom is 0.114 e. The van der Waals surface area contributed by atoms with Gasteiger partial charge < -0.3 is 10.1 Å². The Morgan fingerprint density at radius 3 is 2.56 bits per heavy atom. The van der Waals surface area contributed by atoms with E-state index in [9.17, 15) is 0 Å². The molecule has 3 heteroatoms. The Morgan fingerprint density at radius 2 is 2.06 bits per heavy atom. The summed E-state index contributed by atoms with van der Waals surface area (Å²) in [6.07, 6.45) is 1.90. The fourth-order valence-corrected chi connectivity index (χ4v) is 1.58. The van der Waals surface area contributed by atoms with Crippen molar-refractivity contribution in [2.45, 2.75) is 6.92 Å². The summed E-state index contributed by atoms with van der Waals surface area (Å²) in [7, 11) is 1.88. The molecule has 86 valence electrons. The first kappa shape index (κ1) is 12.8. The molecule has 1 aromatic carbocycles. The first-order chi connectivity index (χ1) is 7.67. The lowest BCUT2D eigenvalue weighted by Gasteiger charge is -2.09. The zero-order valence-corrected chi connectivity index (χ0v) is 11.2. The summed E-state index contributed by atoms with van der Waals surface area (Å²) in [6, 6.07) is 8.07. The summed E-state index contributed by atoms with van der Waals surface area (Å²) in [6.45, 7) is 6.40. The van der Waals surface area contributed by atoms with Gasteiger partial charge in [0.2, 0.25) is 0 Å². The van der Waals surface area contributed by atoms with Gasteiger partial charge in [-0.3, -0.25) is 0 Å². The molecule has 0 saturated heterocycles. The minimum atomic E-state index is 0.632. The fourth-order valence-electron chi connectivity index (χ4n) is 1.32. The second-order valence-electron chi connectivity index (χ2n) is 3.21. The highest BCUT2D eigenvalue weighted by Gasteiger charge is 2.00. The third-order valence-electron chi connectivity index (χ3n) is 2.06. The standard InChI is InChI=1S/C13H16BrNO/c1-4-16-10(2)9-13(15-3)11-5-7-12(14)8-6-11/h5-9,15H,2,4H2,1,3H3. The van der Waals surface area contributed by atoms with Crippen LogP contribution in [0.25, 0.3) is 5.70 Å². The minimum Gasteiger partial charge on any atom is -0.494 e. The van der Waals surface area contributed by atoms with E-state index in [1.54, 1.807) is 0 Å². The van der Waals surface area contributed by atoms with Gasteiger partial charge in [-0.2, -0.15) is 0 Å². The number of ether oxygens (including phenoxy) is 1. The number of hydrogen-bond donors (Lipinski definition) is 1. The molecule has 0 aromatic heterocycles. The lowest BCUT2D eigenvalue weighted by atomic mass is 10.1. The topological polar surface area (TPSA) is 21.3 Å². The number of benzene rings is 1. The van der Waals surface area contributed by atoms with Crippen LogP contribution in [0.2, 0.25) is 0 Å². The predicted molar refractivity (Wildman–Crippen MR) is 71.9 cm³/mol. The normalized spacial score (nSPS) is 11.1. The summed E-state index contributed by atoms with van der Waals surface area (Å²) in [5, 5.41) is 3.13. The zero-order chi connectivity index (χ0) is 12.0. The fraction of sp³-hybridized carbons (Fsp3) is 0.231. The number of halogens is 1. The van der Waals surface area contributed by atoms with E-state index in [1.807, 2.05) is 44.3 Å². The minimum absolute atomic E-state index is 0.632. The quantitative estimate of drug-likeness (QED) is 0.658. The van der Waals surface area contributed by atoms with Gasteiger partial charge in [0, 0.05) is 23.3 Å². The van der Waals surface area contributed by atoms with Crippen molar-refractivity contribution in [3.63, 3.8) is 0 Å². The van der Waals surface area contributed by atoms with E-state index >= 15 is 0 Å². The highest BCUT2D eigenvalue weighted by Crippen LogP contribution is 2.17. The van der Waals surface area contributed by atoms with Gasteiger partial charge in [0.1, 0.15) is 5.76 Å². The van der Waals surface area contributed by atoms with Gasteiger partial charge in [-0.05, 0) is 24.6 Å². The van der Waals surface area contributed by atoms with Gasteiger partial charge in [0.05, 0.1) is 6.61 Å². The Balaban J connectivity index is 2.89. The molecule has 1 N–H and O–H groups in total. The Bertz CT molecular complexity index is 381. The van der Waals surface area contributed by atoms with Crippen molar-refractivity contribution in [1.29, 1.82) is 0 Å². The molecule has 0 fully saturated rings. The van der Waals surface area contributed by atoms with E-state index in [4.69, 9.17) is 4.74 Å². The molecule has 0 aliphatic heterocycles. The average molecular weight is 282 g/mol. The van der Waals surface area contributed by atoms with Gasteiger partial charge in [-0.1, -0.05) is 34.6 Å². The van der Waals surface area contributed by atoms with Gasteiger partial charge in [0.25, 0.3) is 0 Å². The van der Waals surface area contributed by atoms with Crippen molar-refractivity contribution < 1.29 is 4.74 Å². The van der Waals surface area contributed by atoms with Crippen molar-refractivity contribution in [2.24, 2.45) is 0 Å². The van der Waals surface area contributed by atoms with E-state index in [0.717, 1.165) is 15.7 Å². The van der Waals surface area contributed by atoms with Crippen LogP contribution in [0.5, 0.6) is 0 Å². The van der Waals surface area contributed by atoms with Crippen LogP contribution in [-0.2, 0) is 4.74 Å². The van der Waals surface area contributed by atoms with Crippen LogP contribution in [-0.4, -0.2) is 13.7 Å². The Morgan fingerprint density at radius 1 is 1.44 bits per heavy atom. The molecule has 0 unspecified atom stereocenters. The predicted octanol–water partition coefficient (Wildman–Crippen LogP) is 3.56. The van der Waals surface area contributed by atoms with Crippen LogP contribution in [0.1, 0.15) is 12.5 Å². The molecular weight excluding hydrogens is 266 g/mol. The number of nitrogens with one attached hydrogen (secondary N) is 1. The van der Waals surface area contributed by atoms with E-state index in [1.165, 1.54) is 0 Å². The van der Waals surface area contributed by atoms with E-state index < -0.39 is 0 Å². The molecule has 0 atom stereocenters. The highest BCUT2D eigenvalue weighted by atomic mass is 79.9. The molecule has 0 bridgehead atoms. The van der Waals surface area contributed by atoms with Crippen LogP contribution < -0.4 is 5.32 Å². The maximum atomic E-state index is 5.30. The van der Waals surface area contributed by atoms with Crippen LogP contribution in [0.3, 0.4) is 0 Å². The van der Waals surface area contributed by atoms with E-state index in [-0.39, 0.29) is 0 Å². The average Bonchev–Trinajstić information content (AvgIpc) is 2.27. The van der Waals surface area contributed by atoms with Gasteiger partial charge in [-0.15, -0.1) is 0 Å². The molecule has 0 spiro atoms. The molecule has 0 heterocycles. The van der Waals surface area contributed by atoms with Crippen molar-refractivity contribution >= 4 is 21.6 Å². The van der Waals surface area contributed by atoms with E-state index in [0.29, 0.717) is 12.4 Å². The third kappa shape index (κ3) is 3.74. The Labute approximate surface area is 105 Å². The summed E-state index contributed by atoms with van der Waals surface area (Å²) in [5.41, 5.74) is 2.09. The third-order valence-corrected chi connectivity index (χ3v) is 2.59. The summed E-state index contributed by atoms with van der Waals surface area (Å²) < 4.78 is 6.36. The summed E-state index contributed by atoms with van der Waals surface area (Å²) >= 11 is 3.41. The van der Waals surface area contributed by atoms with Crippen molar-refractivity contribution in [3.05, 3.63) is 52.7 Å². The summed E-state index contributed by atoms with van der Waals surface area (Å²) in [4.78, 5) is 0. The number of hydrogen-bond acceptors (Lipinski definition) is 2. The number of allylic oxidation sites excluding steroid dienone is 1. The van der Waals surface area contributed by atoms with Crippen molar-refractivity contribution in [2.75, 3.05) is 13.7 Å². The first-order valence-corrected chi connectivity index (χ1v) is 5.93. The van der Waals surface area contributed by atoms with Crippen LogP contribution >= 0.6 is 15.9 Å². The molecular formula is C13H16BrNO. The van der Waals surface area contributed by atoms with Crippen LogP contribution in [0.15, 0.2) is 47.2 Å². The second-order valence-corrected chi connectivity index (χ2v) is 4.13. The molecule has 0 aliphatic carbocycles. The van der Waals surface area contributed by atoms with Crippen LogP contribution in [0, 0.1) is 0 Å². The molecule has 0 amide bonds. The maximum absolute atomic E-state index is 5.30. The molecule has 1 rings (SSSR count). The Hall–Kier alpha value is -1.22. The van der Waals surface area contributed by atoms with Crippen LogP contribution in [0.4, 0.5) is 0 Å². The first-order valence-electron chi connectivity index (χ1n) is 5.14. The molecule has 0 radical (unpaired) electrons. The van der Waals surface area contributed by atoms with Gasteiger partial charge in [-0.25, -0.2) is 0 Å². The summed E-state index contributed by atoms with van der Waals surface area (Å²) in [5.74, 6) is 0.662. The molecule has 16 heavy (non-hydrogen) atoms. The van der Waals surface area contributed by atoms with Crippen molar-refractivity contribution in [1.82, 2.24) is 5.32 Å². The monoisotopic (exact) mass is 281 g/mol. The number of rotatable bonds is 5. The van der Waals surface area contributed by atoms with Gasteiger partial charge >= 0.3 is 0 Å². The highest BCUT2D eigenvalue weighted by molar-refractivity contribution is 9.10. The second kappa shape index (κ2) is 6.38. The van der Waals surface area contributed by atoms with E-state index in [2.05, 4.69) is 27.8 Å². The lowest BCUT2D eigenvalue weighted by molar-refractivity contribution is 0.244.